The molecular weight excluding hydrogens is 266 g/mol. The molecule has 0 aromatic carbocycles. The molecule has 1 unspecified atom stereocenters. The highest BCUT2D eigenvalue weighted by Crippen LogP contribution is 2.09. The monoisotopic (exact) mass is 291 g/mol. The molecule has 2 heterocycles. The van der Waals surface area contributed by atoms with E-state index in [-0.39, 0.29) is 5.91 Å². The van der Waals surface area contributed by atoms with Crippen molar-refractivity contribution in [3.05, 3.63) is 30.1 Å². The van der Waals surface area contributed by atoms with Crippen LogP contribution in [0.3, 0.4) is 0 Å². The molecule has 1 fully saturated rings. The van der Waals surface area contributed by atoms with Gasteiger partial charge in [-0.1, -0.05) is 6.07 Å². The third-order valence-corrected chi connectivity index (χ3v) is 3.84. The second-order valence-corrected chi connectivity index (χ2v) is 5.45. The number of pyridine rings is 1. The van der Waals surface area contributed by atoms with E-state index in [1.165, 1.54) is 6.42 Å². The van der Waals surface area contributed by atoms with E-state index in [4.69, 9.17) is 4.74 Å². The molecular formula is C16H25N3O2. The highest BCUT2D eigenvalue weighted by atomic mass is 16.5. The lowest BCUT2D eigenvalue weighted by Gasteiger charge is -2.25. The molecule has 1 saturated heterocycles. The Kier molecular flexibility index (Phi) is 6.63. The Hall–Kier alpha value is -1.46. The van der Waals surface area contributed by atoms with E-state index in [0.29, 0.717) is 32.0 Å². The van der Waals surface area contributed by atoms with E-state index in [0.717, 1.165) is 25.2 Å². The molecule has 116 valence electrons. The fourth-order valence-electron chi connectivity index (χ4n) is 2.64. The highest BCUT2D eigenvalue weighted by Gasteiger charge is 2.21. The van der Waals surface area contributed by atoms with Crippen molar-refractivity contribution in [3.63, 3.8) is 0 Å². The number of hydrogen-bond donors (Lipinski definition) is 1. The van der Waals surface area contributed by atoms with Gasteiger partial charge in [0.25, 0.3) is 0 Å². The molecule has 0 spiro atoms. The van der Waals surface area contributed by atoms with Gasteiger partial charge in [0, 0.05) is 44.6 Å². The van der Waals surface area contributed by atoms with Crippen LogP contribution in [0.2, 0.25) is 0 Å². The predicted molar refractivity (Wildman–Crippen MR) is 82.0 cm³/mol. The van der Waals surface area contributed by atoms with Gasteiger partial charge in [-0.05, 0) is 37.9 Å². The van der Waals surface area contributed by atoms with Crippen LogP contribution >= 0.6 is 0 Å². The van der Waals surface area contributed by atoms with E-state index in [2.05, 4.69) is 10.3 Å². The highest BCUT2D eigenvalue weighted by molar-refractivity contribution is 5.76. The molecule has 1 atom stereocenters. The molecule has 0 radical (unpaired) electrons. The Morgan fingerprint density at radius 2 is 2.43 bits per heavy atom. The number of ether oxygens (including phenoxy) is 1. The number of aromatic nitrogens is 1. The first-order valence-electron chi connectivity index (χ1n) is 7.69. The molecule has 1 aliphatic heterocycles. The number of nitrogens with zero attached hydrogens (tertiary/aromatic N) is 2. The maximum absolute atomic E-state index is 12.4. The van der Waals surface area contributed by atoms with Gasteiger partial charge in [-0.15, -0.1) is 0 Å². The average Bonchev–Trinajstić information content (AvgIpc) is 3.03. The fraction of sp³-hybridized carbons (Fsp3) is 0.625. The quantitative estimate of drug-likeness (QED) is 0.783. The minimum atomic E-state index is 0.186. The van der Waals surface area contributed by atoms with Gasteiger partial charge in [-0.25, -0.2) is 0 Å². The number of rotatable bonds is 8. The smallest absolute Gasteiger partial charge is 0.223 e. The molecule has 5 nitrogen and oxygen atoms in total. The van der Waals surface area contributed by atoms with E-state index >= 15 is 0 Å². The van der Waals surface area contributed by atoms with Crippen molar-refractivity contribution in [2.24, 2.45) is 0 Å². The van der Waals surface area contributed by atoms with Crippen LogP contribution in [0.4, 0.5) is 0 Å². The van der Waals surface area contributed by atoms with Gasteiger partial charge in [0.15, 0.2) is 0 Å². The van der Waals surface area contributed by atoms with Gasteiger partial charge in [0.05, 0.1) is 6.61 Å². The van der Waals surface area contributed by atoms with Crippen molar-refractivity contribution in [3.8, 4) is 0 Å². The lowest BCUT2D eigenvalue weighted by Crippen LogP contribution is -2.42. The van der Waals surface area contributed by atoms with E-state index in [1.807, 2.05) is 23.1 Å². The van der Waals surface area contributed by atoms with Crippen LogP contribution in [0.25, 0.3) is 0 Å². The van der Waals surface area contributed by atoms with Gasteiger partial charge < -0.3 is 15.0 Å². The Bertz CT molecular complexity index is 419. The summed E-state index contributed by atoms with van der Waals surface area (Å²) in [5, 5.41) is 3.45. The lowest BCUT2D eigenvalue weighted by molar-refractivity contribution is -0.132. The molecule has 1 aliphatic rings. The van der Waals surface area contributed by atoms with Crippen molar-refractivity contribution >= 4 is 5.91 Å². The number of carbonyl (C=O) groups excluding carboxylic acids is 1. The largest absolute Gasteiger partial charge is 0.383 e. The Morgan fingerprint density at radius 1 is 1.52 bits per heavy atom. The normalized spacial score (nSPS) is 17.9. The summed E-state index contributed by atoms with van der Waals surface area (Å²) in [7, 11) is 1.67. The summed E-state index contributed by atoms with van der Waals surface area (Å²) in [6.07, 6.45) is 5.32. The van der Waals surface area contributed by atoms with Crippen LogP contribution in [0.5, 0.6) is 0 Å². The number of hydrogen-bond acceptors (Lipinski definition) is 4. The second kappa shape index (κ2) is 8.74. The van der Waals surface area contributed by atoms with Crippen LogP contribution in [0.1, 0.15) is 25.0 Å². The van der Waals surface area contributed by atoms with Crippen LogP contribution in [0, 0.1) is 0 Å². The molecule has 0 aliphatic carbocycles. The summed E-state index contributed by atoms with van der Waals surface area (Å²) in [4.78, 5) is 18.6. The zero-order valence-electron chi connectivity index (χ0n) is 12.8. The number of methoxy groups -OCH3 is 1. The van der Waals surface area contributed by atoms with E-state index in [1.54, 1.807) is 13.3 Å². The summed E-state index contributed by atoms with van der Waals surface area (Å²) < 4.78 is 5.12. The summed E-state index contributed by atoms with van der Waals surface area (Å²) in [6, 6.07) is 6.24. The van der Waals surface area contributed by atoms with E-state index in [9.17, 15) is 4.79 Å². The second-order valence-electron chi connectivity index (χ2n) is 5.45. The molecule has 21 heavy (non-hydrogen) atoms. The zero-order chi connectivity index (χ0) is 14.9. The molecule has 5 heteroatoms. The maximum Gasteiger partial charge on any atom is 0.223 e. The van der Waals surface area contributed by atoms with Gasteiger partial charge in [-0.3, -0.25) is 9.78 Å². The van der Waals surface area contributed by atoms with Crippen molar-refractivity contribution in [2.75, 3.05) is 33.4 Å². The fourth-order valence-corrected chi connectivity index (χ4v) is 2.64. The summed E-state index contributed by atoms with van der Waals surface area (Å²) in [5.41, 5.74) is 0.969. The first-order valence-corrected chi connectivity index (χ1v) is 7.69. The molecule has 0 saturated carbocycles. The number of nitrogens with one attached hydrogen (secondary N) is 1. The standard InChI is InChI=1S/C16H25N3O2/c1-21-12-11-19(13-15-6-4-10-18-15)16(20)8-7-14-5-2-3-9-17-14/h2-3,5,9,15,18H,4,6-8,10-13H2,1H3. The van der Waals surface area contributed by atoms with Gasteiger partial charge in [0.1, 0.15) is 0 Å². The minimum absolute atomic E-state index is 0.186. The van der Waals surface area contributed by atoms with Gasteiger partial charge in [-0.2, -0.15) is 0 Å². The third kappa shape index (κ3) is 5.44. The molecule has 1 aromatic rings. The first-order chi connectivity index (χ1) is 10.3. The third-order valence-electron chi connectivity index (χ3n) is 3.84. The molecule has 2 rings (SSSR count). The van der Waals surface area contributed by atoms with Crippen molar-refractivity contribution < 1.29 is 9.53 Å². The van der Waals surface area contributed by atoms with Crippen LogP contribution in [-0.2, 0) is 16.0 Å². The SMILES string of the molecule is COCCN(CC1CCCN1)C(=O)CCc1ccccn1. The van der Waals surface area contributed by atoms with Gasteiger partial charge >= 0.3 is 0 Å². The number of aryl methyl sites for hydroxylation is 1. The van der Waals surface area contributed by atoms with Crippen LogP contribution in [-0.4, -0.2) is 55.2 Å². The summed E-state index contributed by atoms with van der Waals surface area (Å²) >= 11 is 0. The Morgan fingerprint density at radius 3 is 3.10 bits per heavy atom. The van der Waals surface area contributed by atoms with E-state index < -0.39 is 0 Å². The first kappa shape index (κ1) is 15.9. The van der Waals surface area contributed by atoms with Crippen LogP contribution in [0.15, 0.2) is 24.4 Å². The zero-order valence-corrected chi connectivity index (χ0v) is 12.8. The Labute approximate surface area is 126 Å². The predicted octanol–water partition coefficient (Wildman–Crippen LogP) is 1.24. The summed E-state index contributed by atoms with van der Waals surface area (Å²) in [5.74, 6) is 0.186. The lowest BCUT2D eigenvalue weighted by atomic mass is 10.1. The topological polar surface area (TPSA) is 54.5 Å². The maximum atomic E-state index is 12.4. The van der Waals surface area contributed by atoms with Gasteiger partial charge in [0.2, 0.25) is 5.91 Å². The molecule has 1 N–H and O–H groups in total. The van der Waals surface area contributed by atoms with Crippen molar-refractivity contribution in [1.82, 2.24) is 15.2 Å². The summed E-state index contributed by atoms with van der Waals surface area (Å²) in [6.45, 7) is 3.09. The number of amides is 1. The molecule has 0 bridgehead atoms. The Balaban J connectivity index is 1.83. The number of carbonyl (C=O) groups is 1. The molecule has 1 amide bonds. The van der Waals surface area contributed by atoms with Crippen molar-refractivity contribution in [1.29, 1.82) is 0 Å². The molecule has 1 aromatic heterocycles. The van der Waals surface area contributed by atoms with Crippen molar-refractivity contribution in [2.45, 2.75) is 31.7 Å². The van der Waals surface area contributed by atoms with Crippen LogP contribution < -0.4 is 5.32 Å². The average molecular weight is 291 g/mol. The minimum Gasteiger partial charge on any atom is -0.383 e.